The van der Waals surface area contributed by atoms with Crippen molar-refractivity contribution in [3.8, 4) is 0 Å². The number of hydrogen-bond donors (Lipinski definition) is 1. The molecule has 0 spiro atoms. The maximum absolute atomic E-state index is 12.8. The minimum atomic E-state index is -4.40. The van der Waals surface area contributed by atoms with Gasteiger partial charge in [-0.1, -0.05) is 276 Å². The second kappa shape index (κ2) is 60.7. The monoisotopic (exact) mass is 1150 g/mol. The summed E-state index contributed by atoms with van der Waals surface area (Å²) in [6, 6.07) is 0. The number of esters is 2. The van der Waals surface area contributed by atoms with E-state index >= 15 is 0 Å². The molecule has 0 saturated carbocycles. The van der Waals surface area contributed by atoms with Gasteiger partial charge < -0.3 is 18.9 Å². The second-order valence-electron chi connectivity index (χ2n) is 22.4. The zero-order chi connectivity index (χ0) is 59.1. The van der Waals surface area contributed by atoms with Crippen LogP contribution in [-0.4, -0.2) is 74.9 Å². The molecule has 0 heterocycles. The minimum absolute atomic E-state index is 0.0224. The molecule has 0 amide bonds. The van der Waals surface area contributed by atoms with Gasteiger partial charge in [0.15, 0.2) is 6.10 Å². The van der Waals surface area contributed by atoms with Crippen molar-refractivity contribution in [2.24, 2.45) is 0 Å². The molecule has 0 fully saturated rings. The van der Waals surface area contributed by atoms with E-state index in [9.17, 15) is 19.0 Å². The highest BCUT2D eigenvalue weighted by Gasteiger charge is 2.27. The minimum Gasteiger partial charge on any atom is -0.462 e. The standard InChI is InChI=1S/C71H120NO8P/c1-6-8-10-12-14-16-18-20-22-24-26-27-28-29-30-31-32-33-34-35-36-37-38-39-40-41-42-43-44-45-46-48-50-52-54-56-58-60-62-64-71(74)80-69(68-79-81(75,76)78-66-65-72(3,4)5)67-77-70(73)63-61-59-57-55-53-51-49-47-25-23-21-19-17-15-13-11-9-7-2/h8,10,14,16,20,22,26-27,29-30,32-33,35-36,38-39,41-42,44-45,48,50,69H,6-7,9,11-13,15,17-19,21,23-25,28,31,34,37,40,43,46-47,49,51-68H2,1-5H3/p+1/b10-8-,16-14-,22-20-,27-26-,30-29-,33-32-,36-35-,39-38-,42-41-,45-44-,50-48-. The van der Waals surface area contributed by atoms with E-state index in [1.165, 1.54) is 96.3 Å². The number of quaternary nitrogens is 1. The molecule has 0 aliphatic heterocycles. The third-order valence-corrected chi connectivity index (χ3v) is 14.4. The Labute approximate surface area is 498 Å². The van der Waals surface area contributed by atoms with E-state index < -0.39 is 26.5 Å². The highest BCUT2D eigenvalue weighted by atomic mass is 31.2. The molecule has 2 unspecified atom stereocenters. The van der Waals surface area contributed by atoms with Crippen LogP contribution >= 0.6 is 7.82 Å². The number of nitrogens with zero attached hydrogens (tertiary/aromatic N) is 1. The lowest BCUT2D eigenvalue weighted by atomic mass is 10.0. The summed E-state index contributed by atoms with van der Waals surface area (Å²) in [7, 11) is 1.45. The predicted octanol–water partition coefficient (Wildman–Crippen LogP) is 20.9. The summed E-state index contributed by atoms with van der Waals surface area (Å²) >= 11 is 0. The molecule has 0 radical (unpaired) electrons. The molecule has 9 nitrogen and oxygen atoms in total. The summed E-state index contributed by atoms with van der Waals surface area (Å²) in [5.41, 5.74) is 0. The molecule has 10 heteroatoms. The van der Waals surface area contributed by atoms with Gasteiger partial charge in [-0.3, -0.25) is 18.6 Å². The van der Waals surface area contributed by atoms with Crippen LogP contribution in [0.3, 0.4) is 0 Å². The molecule has 462 valence electrons. The lowest BCUT2D eigenvalue weighted by molar-refractivity contribution is -0.870. The molecule has 1 N–H and O–H groups in total. The number of likely N-dealkylation sites (N-methyl/N-ethyl adjacent to an activating group) is 1. The molecule has 0 saturated heterocycles. The Balaban J connectivity index is 4.17. The fourth-order valence-electron chi connectivity index (χ4n) is 8.49. The highest BCUT2D eigenvalue weighted by Crippen LogP contribution is 2.43. The Morgan fingerprint density at radius 1 is 0.395 bits per heavy atom. The van der Waals surface area contributed by atoms with Gasteiger partial charge in [0.2, 0.25) is 0 Å². The van der Waals surface area contributed by atoms with Crippen LogP contribution < -0.4 is 0 Å². The van der Waals surface area contributed by atoms with Crippen LogP contribution in [0.1, 0.15) is 251 Å². The van der Waals surface area contributed by atoms with Gasteiger partial charge in [-0.15, -0.1) is 0 Å². The lowest BCUT2D eigenvalue weighted by Gasteiger charge is -2.24. The van der Waals surface area contributed by atoms with Crippen LogP contribution in [0.25, 0.3) is 0 Å². The van der Waals surface area contributed by atoms with Gasteiger partial charge >= 0.3 is 19.8 Å². The number of unbranched alkanes of at least 4 members (excludes halogenated alkanes) is 22. The van der Waals surface area contributed by atoms with E-state index in [1.54, 1.807) is 0 Å². The van der Waals surface area contributed by atoms with Gasteiger partial charge in [-0.05, 0) is 96.3 Å². The van der Waals surface area contributed by atoms with Crippen LogP contribution in [0.15, 0.2) is 134 Å². The third-order valence-electron chi connectivity index (χ3n) is 13.4. The van der Waals surface area contributed by atoms with E-state index in [1.807, 2.05) is 21.1 Å². The zero-order valence-corrected chi connectivity index (χ0v) is 53.4. The van der Waals surface area contributed by atoms with Crippen molar-refractivity contribution in [1.82, 2.24) is 0 Å². The molecule has 0 bridgehead atoms. The van der Waals surface area contributed by atoms with Crippen LogP contribution in [-0.2, 0) is 32.7 Å². The summed E-state index contributed by atoms with van der Waals surface area (Å²) in [6.07, 6.45) is 88.2. The van der Waals surface area contributed by atoms with Crippen molar-refractivity contribution in [2.45, 2.75) is 258 Å². The second-order valence-corrected chi connectivity index (χ2v) is 23.9. The Morgan fingerprint density at radius 2 is 0.704 bits per heavy atom. The number of phosphoric ester groups is 1. The van der Waals surface area contributed by atoms with Gasteiger partial charge in [0, 0.05) is 12.8 Å². The van der Waals surface area contributed by atoms with Crippen LogP contribution in [0.4, 0.5) is 0 Å². The first-order valence-corrected chi connectivity index (χ1v) is 33.9. The maximum Gasteiger partial charge on any atom is 0.472 e. The Morgan fingerprint density at radius 3 is 1.05 bits per heavy atom. The van der Waals surface area contributed by atoms with E-state index in [2.05, 4.69) is 148 Å². The van der Waals surface area contributed by atoms with Crippen LogP contribution in [0.2, 0.25) is 0 Å². The number of ether oxygens (including phenoxy) is 2. The molecule has 0 aromatic carbocycles. The Bertz CT molecular complexity index is 1830. The normalized spacial score (nSPS) is 14.1. The third kappa shape index (κ3) is 65.2. The highest BCUT2D eigenvalue weighted by molar-refractivity contribution is 7.47. The first kappa shape index (κ1) is 77.2. The van der Waals surface area contributed by atoms with Crippen molar-refractivity contribution in [1.29, 1.82) is 0 Å². The Kier molecular flexibility index (Phi) is 57.8. The molecule has 81 heavy (non-hydrogen) atoms. The van der Waals surface area contributed by atoms with Crippen molar-refractivity contribution in [2.75, 3.05) is 47.5 Å². The lowest BCUT2D eigenvalue weighted by Crippen LogP contribution is -2.37. The number of carbonyl (C=O) groups excluding carboxylic acids is 2. The number of rotatable bonds is 58. The molecule has 0 aliphatic carbocycles. The zero-order valence-electron chi connectivity index (χ0n) is 52.5. The number of allylic oxidation sites excluding steroid dienone is 22. The summed E-state index contributed by atoms with van der Waals surface area (Å²) in [4.78, 5) is 35.7. The van der Waals surface area contributed by atoms with Crippen LogP contribution in [0.5, 0.6) is 0 Å². The maximum atomic E-state index is 12.8. The largest absolute Gasteiger partial charge is 0.472 e. The fourth-order valence-corrected chi connectivity index (χ4v) is 9.23. The number of carbonyl (C=O) groups is 2. The fraction of sp³-hybridized carbons (Fsp3) is 0.662. The topological polar surface area (TPSA) is 108 Å². The van der Waals surface area contributed by atoms with Gasteiger partial charge in [-0.25, -0.2) is 4.57 Å². The van der Waals surface area contributed by atoms with Gasteiger partial charge in [0.25, 0.3) is 0 Å². The molecule has 0 rings (SSSR count). The smallest absolute Gasteiger partial charge is 0.462 e. The predicted molar refractivity (Wildman–Crippen MR) is 348 cm³/mol. The average Bonchev–Trinajstić information content (AvgIpc) is 3.43. The van der Waals surface area contributed by atoms with Gasteiger partial charge in [0.1, 0.15) is 19.8 Å². The van der Waals surface area contributed by atoms with E-state index in [0.29, 0.717) is 17.4 Å². The van der Waals surface area contributed by atoms with Gasteiger partial charge in [0.05, 0.1) is 27.7 Å². The SMILES string of the molecule is CC/C=C\C/C=C\C/C=C\C/C=C\C/C=C\C/C=C\C/C=C\C/C=C\C/C=C\C/C=C\C/C=C\CCCCCCCC(=O)OC(COC(=O)CCCCCCCCCCCCCCCCCCCC)COP(=O)(O)OCC[N+](C)(C)C. The summed E-state index contributed by atoms with van der Waals surface area (Å²) in [6.45, 7) is 4.30. The van der Waals surface area contributed by atoms with E-state index in [0.717, 1.165) is 122 Å². The summed E-state index contributed by atoms with van der Waals surface area (Å²) < 4.78 is 34.6. The van der Waals surface area contributed by atoms with Crippen molar-refractivity contribution in [3.63, 3.8) is 0 Å². The quantitative estimate of drug-likeness (QED) is 0.0211. The van der Waals surface area contributed by atoms with Crippen molar-refractivity contribution < 1.29 is 42.1 Å². The van der Waals surface area contributed by atoms with Crippen LogP contribution in [0, 0.1) is 0 Å². The van der Waals surface area contributed by atoms with E-state index in [4.69, 9.17) is 18.5 Å². The first-order chi connectivity index (χ1) is 39.5. The summed E-state index contributed by atoms with van der Waals surface area (Å²) in [5.74, 6) is -0.821. The average molecular weight is 1150 g/mol. The van der Waals surface area contributed by atoms with Crippen molar-refractivity contribution >= 4 is 19.8 Å². The number of phosphoric acid groups is 1. The summed E-state index contributed by atoms with van der Waals surface area (Å²) in [5, 5.41) is 0. The van der Waals surface area contributed by atoms with Crippen molar-refractivity contribution in [3.05, 3.63) is 134 Å². The molecule has 0 aromatic heterocycles. The molecular weight excluding hydrogens is 1030 g/mol. The molecule has 0 aliphatic rings. The number of hydrogen-bond acceptors (Lipinski definition) is 7. The van der Waals surface area contributed by atoms with E-state index in [-0.39, 0.29) is 32.0 Å². The molecular formula is C71H121NO8P+. The molecule has 0 aromatic rings. The van der Waals surface area contributed by atoms with Gasteiger partial charge in [-0.2, -0.15) is 0 Å². The first-order valence-electron chi connectivity index (χ1n) is 32.4. The molecule has 2 atom stereocenters. The Hall–Kier alpha value is -3.85.